The fourth-order valence-electron chi connectivity index (χ4n) is 3.55. The Morgan fingerprint density at radius 3 is 2.35 bits per heavy atom. The van der Waals surface area contributed by atoms with Gasteiger partial charge in [0.25, 0.3) is 17.5 Å². The van der Waals surface area contributed by atoms with E-state index >= 15 is 0 Å². The zero-order valence-electron chi connectivity index (χ0n) is 17.9. The van der Waals surface area contributed by atoms with Crippen molar-refractivity contribution in [1.82, 2.24) is 5.32 Å². The Morgan fingerprint density at radius 1 is 1.06 bits per heavy atom. The smallest absolute Gasteiger partial charge is 0.269 e. The third-order valence-corrected chi connectivity index (χ3v) is 5.53. The van der Waals surface area contributed by atoms with Crippen molar-refractivity contribution in [2.75, 3.05) is 23.3 Å². The van der Waals surface area contributed by atoms with Gasteiger partial charge in [0.1, 0.15) is 0 Å². The first-order chi connectivity index (χ1) is 14.9. The number of non-ortho nitro benzene ring substituents is 1. The van der Waals surface area contributed by atoms with Crippen molar-refractivity contribution in [3.8, 4) is 0 Å². The van der Waals surface area contributed by atoms with Crippen molar-refractivity contribution in [1.29, 1.82) is 0 Å². The fraction of sp³-hybridized carbons (Fsp3) is 0.391. The lowest BCUT2D eigenvalue weighted by Crippen LogP contribution is -2.35. The van der Waals surface area contributed by atoms with E-state index in [1.54, 1.807) is 12.1 Å². The Balaban J connectivity index is 1.84. The zero-order valence-corrected chi connectivity index (χ0v) is 17.9. The molecule has 1 unspecified atom stereocenters. The highest BCUT2D eigenvalue weighted by Crippen LogP contribution is 2.28. The molecule has 0 radical (unpaired) electrons. The number of nitrogens with zero attached hydrogens (tertiary/aromatic N) is 2. The molecule has 1 saturated heterocycles. The van der Waals surface area contributed by atoms with Crippen molar-refractivity contribution >= 4 is 28.9 Å². The molecule has 3 rings (SSSR count). The first-order valence-corrected chi connectivity index (χ1v) is 10.6. The molecular weight excluding hydrogens is 396 g/mol. The minimum atomic E-state index is -0.511. The SMILES string of the molecule is CCC(C)NC(=O)c1cc(NC(=O)c2ccc([N+](=O)[O-])cc2)ccc1N1CCCCC1. The Kier molecular flexibility index (Phi) is 7.23. The summed E-state index contributed by atoms with van der Waals surface area (Å²) in [5, 5.41) is 16.6. The van der Waals surface area contributed by atoms with Gasteiger partial charge >= 0.3 is 0 Å². The third-order valence-electron chi connectivity index (χ3n) is 5.53. The Labute approximate surface area is 181 Å². The van der Waals surface area contributed by atoms with Gasteiger partial charge in [0.05, 0.1) is 10.5 Å². The first-order valence-electron chi connectivity index (χ1n) is 10.6. The third kappa shape index (κ3) is 5.59. The van der Waals surface area contributed by atoms with Crippen molar-refractivity contribution in [2.24, 2.45) is 0 Å². The Hall–Kier alpha value is -3.42. The lowest BCUT2D eigenvalue weighted by atomic mass is 10.0. The van der Waals surface area contributed by atoms with Crippen LogP contribution in [0.1, 0.15) is 60.2 Å². The molecule has 164 valence electrons. The number of anilines is 2. The van der Waals surface area contributed by atoms with Crippen LogP contribution in [0.3, 0.4) is 0 Å². The average Bonchev–Trinajstić information content (AvgIpc) is 2.79. The van der Waals surface area contributed by atoms with E-state index in [0.29, 0.717) is 16.8 Å². The Morgan fingerprint density at radius 2 is 1.74 bits per heavy atom. The largest absolute Gasteiger partial charge is 0.371 e. The molecule has 0 spiro atoms. The molecule has 1 atom stereocenters. The fourth-order valence-corrected chi connectivity index (χ4v) is 3.55. The van der Waals surface area contributed by atoms with Crippen LogP contribution in [0.2, 0.25) is 0 Å². The van der Waals surface area contributed by atoms with Crippen molar-refractivity contribution in [2.45, 2.75) is 45.6 Å². The summed E-state index contributed by atoms with van der Waals surface area (Å²) in [4.78, 5) is 38.1. The summed E-state index contributed by atoms with van der Waals surface area (Å²) in [6, 6.07) is 10.8. The first kappa shape index (κ1) is 22.3. The number of carbonyl (C=O) groups is 2. The number of nitro benzene ring substituents is 1. The van der Waals surface area contributed by atoms with E-state index in [-0.39, 0.29) is 17.6 Å². The van der Waals surface area contributed by atoms with E-state index in [9.17, 15) is 19.7 Å². The van der Waals surface area contributed by atoms with E-state index in [4.69, 9.17) is 0 Å². The predicted molar refractivity (Wildman–Crippen MR) is 121 cm³/mol. The second-order valence-corrected chi connectivity index (χ2v) is 7.82. The average molecular weight is 425 g/mol. The van der Waals surface area contributed by atoms with Crippen LogP contribution in [0.5, 0.6) is 0 Å². The highest BCUT2D eigenvalue weighted by atomic mass is 16.6. The van der Waals surface area contributed by atoms with Crippen LogP contribution in [-0.4, -0.2) is 35.9 Å². The molecule has 2 N–H and O–H groups in total. The predicted octanol–water partition coefficient (Wildman–Crippen LogP) is 4.37. The van der Waals surface area contributed by atoms with Gasteiger partial charge in [-0.3, -0.25) is 19.7 Å². The van der Waals surface area contributed by atoms with E-state index < -0.39 is 10.8 Å². The molecule has 1 fully saturated rings. The molecule has 0 saturated carbocycles. The maximum Gasteiger partial charge on any atom is 0.269 e. The van der Waals surface area contributed by atoms with Gasteiger partial charge in [-0.25, -0.2) is 0 Å². The number of hydrogen-bond donors (Lipinski definition) is 2. The van der Waals surface area contributed by atoms with Crippen molar-refractivity contribution < 1.29 is 14.5 Å². The number of carbonyl (C=O) groups excluding carboxylic acids is 2. The molecule has 8 nitrogen and oxygen atoms in total. The number of nitrogens with one attached hydrogen (secondary N) is 2. The van der Waals surface area contributed by atoms with Crippen LogP contribution in [-0.2, 0) is 0 Å². The molecule has 2 amide bonds. The van der Waals surface area contributed by atoms with Gasteiger partial charge in [0.15, 0.2) is 0 Å². The van der Waals surface area contributed by atoms with Crippen molar-refractivity contribution in [3.05, 3.63) is 63.7 Å². The molecule has 1 heterocycles. The van der Waals surface area contributed by atoms with Gasteiger partial charge in [-0.15, -0.1) is 0 Å². The lowest BCUT2D eigenvalue weighted by molar-refractivity contribution is -0.384. The van der Waals surface area contributed by atoms with Crippen LogP contribution in [0.25, 0.3) is 0 Å². The van der Waals surface area contributed by atoms with E-state index in [1.807, 2.05) is 19.9 Å². The molecule has 1 aliphatic heterocycles. The van der Waals surface area contributed by atoms with Gasteiger partial charge in [0, 0.05) is 48.2 Å². The lowest BCUT2D eigenvalue weighted by Gasteiger charge is -2.31. The molecule has 0 bridgehead atoms. The molecule has 2 aromatic carbocycles. The summed E-state index contributed by atoms with van der Waals surface area (Å²) in [6.07, 6.45) is 4.19. The van der Waals surface area contributed by atoms with E-state index in [1.165, 1.54) is 30.7 Å². The van der Waals surface area contributed by atoms with Crippen molar-refractivity contribution in [3.63, 3.8) is 0 Å². The zero-order chi connectivity index (χ0) is 22.4. The second kappa shape index (κ2) is 10.1. The molecule has 31 heavy (non-hydrogen) atoms. The maximum atomic E-state index is 13.0. The van der Waals surface area contributed by atoms with Gasteiger partial charge in [-0.05, 0) is 62.9 Å². The highest BCUT2D eigenvalue weighted by molar-refractivity contribution is 6.06. The summed E-state index contributed by atoms with van der Waals surface area (Å²) in [7, 11) is 0. The van der Waals surface area contributed by atoms with Crippen LogP contribution in [0.4, 0.5) is 17.1 Å². The minimum Gasteiger partial charge on any atom is -0.371 e. The summed E-state index contributed by atoms with van der Waals surface area (Å²) in [5.74, 6) is -0.560. The quantitative estimate of drug-likeness (QED) is 0.507. The topological polar surface area (TPSA) is 105 Å². The molecular formula is C23H28N4O4. The van der Waals surface area contributed by atoms with E-state index in [0.717, 1.165) is 38.0 Å². The van der Waals surface area contributed by atoms with Crippen LogP contribution < -0.4 is 15.5 Å². The summed E-state index contributed by atoms with van der Waals surface area (Å²) in [6.45, 7) is 5.77. The number of amides is 2. The number of nitro groups is 1. The van der Waals surface area contributed by atoms with Gasteiger partial charge < -0.3 is 15.5 Å². The summed E-state index contributed by atoms with van der Waals surface area (Å²) >= 11 is 0. The van der Waals surface area contributed by atoms with E-state index in [2.05, 4.69) is 15.5 Å². The Bertz CT molecular complexity index is 953. The number of piperidine rings is 1. The minimum absolute atomic E-state index is 0.0417. The second-order valence-electron chi connectivity index (χ2n) is 7.82. The van der Waals surface area contributed by atoms with Gasteiger partial charge in [-0.2, -0.15) is 0 Å². The number of benzene rings is 2. The van der Waals surface area contributed by atoms with Crippen LogP contribution in [0.15, 0.2) is 42.5 Å². The molecule has 8 heteroatoms. The number of rotatable bonds is 7. The molecule has 1 aliphatic rings. The van der Waals surface area contributed by atoms with Gasteiger partial charge in [0.2, 0.25) is 0 Å². The number of hydrogen-bond acceptors (Lipinski definition) is 5. The van der Waals surface area contributed by atoms with Crippen LogP contribution in [0, 0.1) is 10.1 Å². The monoisotopic (exact) mass is 424 g/mol. The molecule has 2 aromatic rings. The summed E-state index contributed by atoms with van der Waals surface area (Å²) in [5.41, 5.74) is 2.12. The normalized spacial score (nSPS) is 14.6. The highest BCUT2D eigenvalue weighted by Gasteiger charge is 2.21. The standard InChI is InChI=1S/C23H28N4O4/c1-3-16(2)24-23(29)20-15-18(9-12-21(20)26-13-5-4-6-14-26)25-22(28)17-7-10-19(11-8-17)27(30)31/h7-12,15-16H,3-6,13-14H2,1-2H3,(H,24,29)(H,25,28). The van der Waals surface area contributed by atoms with Crippen LogP contribution >= 0.6 is 0 Å². The van der Waals surface area contributed by atoms with Gasteiger partial charge in [-0.1, -0.05) is 6.92 Å². The summed E-state index contributed by atoms with van der Waals surface area (Å²) < 4.78 is 0. The molecule has 0 aliphatic carbocycles. The molecule has 0 aromatic heterocycles. The maximum absolute atomic E-state index is 13.0.